The molecule has 0 atom stereocenters. The number of nitrogens with zero attached hydrogens (tertiary/aromatic N) is 2. The molecule has 6 nitrogen and oxygen atoms in total. The summed E-state index contributed by atoms with van der Waals surface area (Å²) in [5.74, 6) is 0.564. The average molecular weight is 349 g/mol. The summed E-state index contributed by atoms with van der Waals surface area (Å²) in [6.45, 7) is 11.8. The fourth-order valence-corrected chi connectivity index (χ4v) is 2.01. The molecule has 0 fully saturated rings. The van der Waals surface area contributed by atoms with Gasteiger partial charge in [0.1, 0.15) is 11.2 Å². The summed E-state index contributed by atoms with van der Waals surface area (Å²) in [7, 11) is 3.36. The summed E-state index contributed by atoms with van der Waals surface area (Å²) in [6.07, 6.45) is -0.770. The topological polar surface area (TPSA) is 59.1 Å². The van der Waals surface area contributed by atoms with E-state index in [9.17, 15) is 9.59 Å². The molecule has 0 N–H and O–H groups in total. The lowest BCUT2D eigenvalue weighted by Crippen LogP contribution is -2.42. The van der Waals surface area contributed by atoms with Crippen LogP contribution in [-0.2, 0) is 9.47 Å². The number of thiol groups is 1. The highest BCUT2D eigenvalue weighted by Gasteiger charge is 2.25. The van der Waals surface area contributed by atoms with Crippen LogP contribution in [0.2, 0.25) is 0 Å². The van der Waals surface area contributed by atoms with E-state index in [0.717, 1.165) is 0 Å². The number of hydrogen-bond donors (Lipinski definition) is 1. The lowest BCUT2D eigenvalue weighted by Gasteiger charge is -2.30. The largest absolute Gasteiger partial charge is 0.444 e. The summed E-state index contributed by atoms with van der Waals surface area (Å²) in [5.41, 5.74) is -1.07. The minimum Gasteiger partial charge on any atom is -0.444 e. The summed E-state index contributed by atoms with van der Waals surface area (Å²) in [5, 5.41) is 0. The van der Waals surface area contributed by atoms with Crippen LogP contribution in [0.5, 0.6) is 0 Å². The van der Waals surface area contributed by atoms with Crippen molar-refractivity contribution in [3.63, 3.8) is 0 Å². The zero-order valence-corrected chi connectivity index (χ0v) is 16.6. The molecule has 0 bridgehead atoms. The van der Waals surface area contributed by atoms with Crippen LogP contribution in [0, 0.1) is 5.92 Å². The van der Waals surface area contributed by atoms with Gasteiger partial charge in [0.2, 0.25) is 0 Å². The van der Waals surface area contributed by atoms with Gasteiger partial charge in [0, 0.05) is 33.1 Å². The van der Waals surface area contributed by atoms with Gasteiger partial charge in [-0.25, -0.2) is 9.59 Å². The van der Waals surface area contributed by atoms with Crippen LogP contribution < -0.4 is 0 Å². The van der Waals surface area contributed by atoms with Crippen molar-refractivity contribution in [3.8, 4) is 0 Å². The predicted molar refractivity (Wildman–Crippen MR) is 95.1 cm³/mol. The second-order valence-electron chi connectivity index (χ2n) is 7.77. The third-order valence-electron chi connectivity index (χ3n) is 2.73. The first-order chi connectivity index (χ1) is 10.2. The number of rotatable bonds is 5. The van der Waals surface area contributed by atoms with Crippen LogP contribution in [0.15, 0.2) is 0 Å². The second kappa shape index (κ2) is 8.66. The zero-order valence-electron chi connectivity index (χ0n) is 15.7. The van der Waals surface area contributed by atoms with E-state index in [4.69, 9.17) is 9.47 Å². The molecule has 0 aliphatic carbocycles. The van der Waals surface area contributed by atoms with E-state index < -0.39 is 11.2 Å². The maximum absolute atomic E-state index is 12.0. The van der Waals surface area contributed by atoms with E-state index in [1.165, 1.54) is 9.80 Å². The normalized spacial score (nSPS) is 12.1. The van der Waals surface area contributed by atoms with Crippen LogP contribution in [0.25, 0.3) is 0 Å². The molecular formula is C16H32N2O4S. The van der Waals surface area contributed by atoms with Crippen molar-refractivity contribution in [2.24, 2.45) is 5.92 Å². The van der Waals surface area contributed by atoms with Crippen LogP contribution in [0.3, 0.4) is 0 Å². The second-order valence-corrected chi connectivity index (χ2v) is 8.14. The van der Waals surface area contributed by atoms with Crippen molar-refractivity contribution in [2.45, 2.75) is 52.7 Å². The molecule has 0 aliphatic heterocycles. The van der Waals surface area contributed by atoms with Gasteiger partial charge in [-0.2, -0.15) is 12.6 Å². The van der Waals surface area contributed by atoms with E-state index >= 15 is 0 Å². The highest BCUT2D eigenvalue weighted by atomic mass is 32.1. The number of ether oxygens (including phenoxy) is 2. The Morgan fingerprint density at radius 1 is 0.870 bits per heavy atom. The monoisotopic (exact) mass is 348 g/mol. The smallest absolute Gasteiger partial charge is 0.410 e. The van der Waals surface area contributed by atoms with E-state index in [1.54, 1.807) is 14.1 Å². The Morgan fingerprint density at radius 3 is 1.39 bits per heavy atom. The molecule has 136 valence electrons. The van der Waals surface area contributed by atoms with Gasteiger partial charge in [0.05, 0.1) is 0 Å². The molecule has 0 radical (unpaired) electrons. The Labute approximate surface area is 145 Å². The number of hydrogen-bond acceptors (Lipinski definition) is 5. The van der Waals surface area contributed by atoms with Crippen molar-refractivity contribution in [3.05, 3.63) is 0 Å². The molecule has 0 heterocycles. The quantitative estimate of drug-likeness (QED) is 0.775. The third kappa shape index (κ3) is 10.3. The third-order valence-corrected chi connectivity index (χ3v) is 3.25. The lowest BCUT2D eigenvalue weighted by atomic mass is 10.1. The van der Waals surface area contributed by atoms with Gasteiger partial charge in [0.25, 0.3) is 0 Å². The minimum absolute atomic E-state index is 0.0216. The highest BCUT2D eigenvalue weighted by molar-refractivity contribution is 7.80. The van der Waals surface area contributed by atoms with Crippen molar-refractivity contribution < 1.29 is 19.1 Å². The Hall–Kier alpha value is -1.11. The summed E-state index contributed by atoms with van der Waals surface area (Å²) in [6, 6.07) is 0. The fourth-order valence-electron chi connectivity index (χ4n) is 1.78. The highest BCUT2D eigenvalue weighted by Crippen LogP contribution is 2.13. The molecule has 0 aliphatic rings. The maximum atomic E-state index is 12.0. The van der Waals surface area contributed by atoms with Crippen molar-refractivity contribution in [1.82, 2.24) is 9.80 Å². The average Bonchev–Trinajstić information content (AvgIpc) is 2.33. The molecule has 2 amide bonds. The Bertz CT molecular complexity index is 366. The van der Waals surface area contributed by atoms with Crippen LogP contribution in [0.4, 0.5) is 9.59 Å². The predicted octanol–water partition coefficient (Wildman–Crippen LogP) is 3.27. The Balaban J connectivity index is 4.55. The first kappa shape index (κ1) is 21.9. The van der Waals surface area contributed by atoms with E-state index in [1.807, 2.05) is 41.5 Å². The van der Waals surface area contributed by atoms with E-state index in [0.29, 0.717) is 18.8 Å². The minimum atomic E-state index is -0.533. The molecule has 7 heteroatoms. The van der Waals surface area contributed by atoms with Gasteiger partial charge in [-0.05, 0) is 47.3 Å². The van der Waals surface area contributed by atoms with Crippen LogP contribution in [0.1, 0.15) is 41.5 Å². The van der Waals surface area contributed by atoms with Gasteiger partial charge in [-0.1, -0.05) is 0 Å². The molecule has 0 spiro atoms. The standard InChI is InChI=1S/C16H32N2O4S/c1-15(2,3)21-13(19)17(7)9-12(11-23)10-18(8)14(20)22-16(4,5)6/h12,23H,9-11H2,1-8H3. The van der Waals surface area contributed by atoms with Crippen LogP contribution >= 0.6 is 12.6 Å². The molecule has 0 unspecified atom stereocenters. The number of carbonyl (C=O) groups excluding carboxylic acids is 2. The van der Waals surface area contributed by atoms with Crippen LogP contribution in [-0.4, -0.2) is 66.1 Å². The van der Waals surface area contributed by atoms with Gasteiger partial charge in [0.15, 0.2) is 0 Å². The lowest BCUT2D eigenvalue weighted by molar-refractivity contribution is 0.0223. The summed E-state index contributed by atoms with van der Waals surface area (Å²) >= 11 is 4.32. The number of carbonyl (C=O) groups is 2. The first-order valence-corrected chi connectivity index (χ1v) is 8.37. The van der Waals surface area contributed by atoms with Crippen molar-refractivity contribution in [2.75, 3.05) is 32.9 Å². The first-order valence-electron chi connectivity index (χ1n) is 7.74. The van der Waals surface area contributed by atoms with Gasteiger partial charge >= 0.3 is 12.2 Å². The molecule has 23 heavy (non-hydrogen) atoms. The van der Waals surface area contributed by atoms with Crippen molar-refractivity contribution >= 4 is 24.8 Å². The Kier molecular flexibility index (Phi) is 8.24. The maximum Gasteiger partial charge on any atom is 0.410 e. The molecular weight excluding hydrogens is 316 g/mol. The molecule has 0 rings (SSSR count). The number of amides is 2. The molecule has 0 saturated carbocycles. The fraction of sp³-hybridized carbons (Fsp3) is 0.875. The van der Waals surface area contributed by atoms with Gasteiger partial charge in [-0.15, -0.1) is 0 Å². The van der Waals surface area contributed by atoms with Gasteiger partial charge < -0.3 is 19.3 Å². The molecule has 0 saturated heterocycles. The van der Waals surface area contributed by atoms with E-state index in [-0.39, 0.29) is 18.1 Å². The molecule has 0 aromatic carbocycles. The molecule has 0 aromatic rings. The van der Waals surface area contributed by atoms with Gasteiger partial charge in [-0.3, -0.25) is 0 Å². The van der Waals surface area contributed by atoms with Crippen molar-refractivity contribution in [1.29, 1.82) is 0 Å². The summed E-state index contributed by atoms with van der Waals surface area (Å²) < 4.78 is 10.6. The SMILES string of the molecule is CN(CC(CS)CN(C)C(=O)OC(C)(C)C)C(=O)OC(C)(C)C. The Morgan fingerprint density at radius 2 is 1.17 bits per heavy atom. The zero-order chi connectivity index (χ0) is 18.4. The summed E-state index contributed by atoms with van der Waals surface area (Å²) in [4.78, 5) is 27.0. The van der Waals surface area contributed by atoms with E-state index in [2.05, 4.69) is 12.6 Å². The molecule has 0 aromatic heterocycles.